The van der Waals surface area contributed by atoms with E-state index in [2.05, 4.69) is 15.3 Å². The van der Waals surface area contributed by atoms with E-state index in [1.165, 1.54) is 21.4 Å². The third-order valence-corrected chi connectivity index (χ3v) is 5.19. The number of carbonyl (C=O) groups is 2. The van der Waals surface area contributed by atoms with Crippen molar-refractivity contribution >= 4 is 11.9 Å². The van der Waals surface area contributed by atoms with Crippen LogP contribution in [0, 0.1) is 0 Å². The number of aryl methyl sites for hydroxylation is 1. The molecule has 0 aromatic carbocycles. The molecule has 0 saturated carbocycles. The van der Waals surface area contributed by atoms with Crippen molar-refractivity contribution in [2.24, 2.45) is 0 Å². The largest absolute Gasteiger partial charge is 0.467 e. The molecule has 1 aliphatic rings. The molecule has 1 aromatic heterocycles. The Morgan fingerprint density at radius 1 is 1.15 bits per heavy atom. The number of methoxy groups -OCH3 is 1. The molecule has 1 aromatic rings. The van der Waals surface area contributed by atoms with E-state index in [9.17, 15) is 14.4 Å². The second kappa shape index (κ2) is 8.43. The molecule has 0 spiro atoms. The average Bonchev–Trinajstić information content (AvgIpc) is 3.04. The van der Waals surface area contributed by atoms with Crippen LogP contribution in [0.15, 0.2) is 4.79 Å². The number of likely N-dealkylation sites (tertiary alicyclic amines) is 1. The highest BCUT2D eigenvalue weighted by Gasteiger charge is 2.47. The summed E-state index contributed by atoms with van der Waals surface area (Å²) in [5, 5.41) is 7.67. The Hall–Kier alpha value is -2.23. The Kier molecular flexibility index (Phi) is 6.52. The van der Waals surface area contributed by atoms with Crippen molar-refractivity contribution in [1.82, 2.24) is 29.6 Å². The van der Waals surface area contributed by atoms with Crippen LogP contribution in [0.25, 0.3) is 0 Å². The number of tetrazole rings is 1. The first-order chi connectivity index (χ1) is 12.4. The van der Waals surface area contributed by atoms with Crippen molar-refractivity contribution in [1.29, 1.82) is 0 Å². The maximum Gasteiger partial charge on any atom is 0.363 e. The van der Waals surface area contributed by atoms with Gasteiger partial charge in [0.25, 0.3) is 0 Å². The number of carbonyl (C=O) groups excluding carboxylic acids is 2. The lowest BCUT2D eigenvalue weighted by molar-refractivity contribution is -0.164. The average molecular weight is 368 g/mol. The zero-order valence-electron chi connectivity index (χ0n) is 16.0. The van der Waals surface area contributed by atoms with Crippen molar-refractivity contribution in [3.8, 4) is 0 Å². The third-order valence-electron chi connectivity index (χ3n) is 5.19. The van der Waals surface area contributed by atoms with Crippen molar-refractivity contribution in [2.75, 3.05) is 33.8 Å². The normalized spacial score (nSPS) is 17.1. The Morgan fingerprint density at radius 3 is 2.27 bits per heavy atom. The van der Waals surface area contributed by atoms with Crippen molar-refractivity contribution in [3.05, 3.63) is 10.5 Å². The monoisotopic (exact) mass is 368 g/mol. The molecule has 2 heterocycles. The van der Waals surface area contributed by atoms with E-state index in [4.69, 9.17) is 4.74 Å². The van der Waals surface area contributed by atoms with Gasteiger partial charge in [-0.25, -0.2) is 9.59 Å². The Balaban J connectivity index is 2.00. The highest BCUT2D eigenvalue weighted by molar-refractivity contribution is 5.88. The minimum Gasteiger partial charge on any atom is -0.467 e. The van der Waals surface area contributed by atoms with E-state index in [0.29, 0.717) is 52.0 Å². The van der Waals surface area contributed by atoms with Crippen LogP contribution >= 0.6 is 0 Å². The Bertz CT molecular complexity index is 689. The number of piperidine rings is 1. The van der Waals surface area contributed by atoms with Crippen molar-refractivity contribution < 1.29 is 14.3 Å². The van der Waals surface area contributed by atoms with Crippen LogP contribution in [0.3, 0.4) is 0 Å². The number of aromatic nitrogens is 4. The molecule has 10 heteroatoms. The smallest absolute Gasteiger partial charge is 0.363 e. The molecule has 26 heavy (non-hydrogen) atoms. The number of ether oxygens (including phenoxy) is 1. The highest BCUT2D eigenvalue weighted by atomic mass is 16.5. The fourth-order valence-corrected chi connectivity index (χ4v) is 3.37. The molecule has 2 rings (SSSR count). The predicted octanol–water partition coefficient (Wildman–Crippen LogP) is -0.664. The molecule has 146 valence electrons. The molecule has 0 N–H and O–H groups in total. The second-order valence-corrected chi connectivity index (χ2v) is 6.47. The lowest BCUT2D eigenvalue weighted by atomic mass is 9.85. The molecule has 0 atom stereocenters. The quantitative estimate of drug-likeness (QED) is 0.589. The van der Waals surface area contributed by atoms with E-state index < -0.39 is 5.54 Å². The summed E-state index contributed by atoms with van der Waals surface area (Å²) in [6.45, 7) is 6.44. The number of rotatable bonds is 7. The van der Waals surface area contributed by atoms with E-state index in [-0.39, 0.29) is 17.6 Å². The first kappa shape index (κ1) is 20.1. The molecule has 0 radical (unpaired) electrons. The van der Waals surface area contributed by atoms with E-state index in [0.717, 1.165) is 0 Å². The van der Waals surface area contributed by atoms with Crippen molar-refractivity contribution in [3.63, 3.8) is 0 Å². The molecule has 1 fully saturated rings. The molecule has 1 amide bonds. The predicted molar refractivity (Wildman–Crippen MR) is 93.4 cm³/mol. The molecule has 10 nitrogen and oxygen atoms in total. The third kappa shape index (κ3) is 3.79. The fraction of sp³-hybridized carbons (Fsp3) is 0.812. The SMILES string of the molecule is CCC(=O)N(C)C1(C(=O)OC)CCN(CCn2nnn(CC)c2=O)CC1. The van der Waals surface area contributed by atoms with Crippen LogP contribution < -0.4 is 5.69 Å². The van der Waals surface area contributed by atoms with Gasteiger partial charge in [-0.05, 0) is 30.2 Å². The second-order valence-electron chi connectivity index (χ2n) is 6.47. The maximum atomic E-state index is 12.4. The van der Waals surface area contributed by atoms with Gasteiger partial charge in [-0.1, -0.05) is 6.92 Å². The molecular weight excluding hydrogens is 340 g/mol. The standard InChI is InChI=1S/C16H28N6O4/c1-5-13(23)19(3)16(14(24)26-4)7-9-20(10-8-16)11-12-22-15(25)21(6-2)17-18-22/h5-12H2,1-4H3. The first-order valence-corrected chi connectivity index (χ1v) is 8.97. The van der Waals surface area contributed by atoms with Gasteiger partial charge in [0.15, 0.2) is 0 Å². The minimum atomic E-state index is -0.916. The summed E-state index contributed by atoms with van der Waals surface area (Å²) >= 11 is 0. The molecule has 1 aliphatic heterocycles. The number of amides is 1. The molecular formula is C16H28N6O4. The van der Waals surface area contributed by atoms with Gasteiger partial charge in [0.2, 0.25) is 5.91 Å². The van der Waals surface area contributed by atoms with Gasteiger partial charge < -0.3 is 14.5 Å². The topological polar surface area (TPSA) is 103 Å². The number of hydrogen-bond donors (Lipinski definition) is 0. The van der Waals surface area contributed by atoms with Gasteiger partial charge in [-0.3, -0.25) is 4.79 Å². The van der Waals surface area contributed by atoms with Gasteiger partial charge in [0, 0.05) is 39.6 Å². The number of nitrogens with zero attached hydrogens (tertiary/aromatic N) is 6. The number of likely N-dealkylation sites (N-methyl/N-ethyl adjacent to an activating group) is 1. The summed E-state index contributed by atoms with van der Waals surface area (Å²) in [5.74, 6) is -0.449. The van der Waals surface area contributed by atoms with Crippen LogP contribution in [0.4, 0.5) is 0 Å². The number of esters is 1. The van der Waals surface area contributed by atoms with Crippen LogP contribution in [-0.2, 0) is 27.4 Å². The number of hydrogen-bond acceptors (Lipinski definition) is 7. The van der Waals surface area contributed by atoms with E-state index in [1.807, 2.05) is 6.92 Å². The van der Waals surface area contributed by atoms with Gasteiger partial charge >= 0.3 is 11.7 Å². The zero-order valence-corrected chi connectivity index (χ0v) is 16.0. The van der Waals surface area contributed by atoms with Crippen LogP contribution in [0.1, 0.15) is 33.1 Å². The van der Waals surface area contributed by atoms with Crippen LogP contribution in [-0.4, -0.2) is 80.8 Å². The van der Waals surface area contributed by atoms with Gasteiger partial charge in [-0.2, -0.15) is 9.36 Å². The van der Waals surface area contributed by atoms with Gasteiger partial charge in [0.05, 0.1) is 13.7 Å². The molecule has 0 unspecified atom stereocenters. The minimum absolute atomic E-state index is 0.0772. The first-order valence-electron chi connectivity index (χ1n) is 8.97. The maximum absolute atomic E-state index is 12.4. The van der Waals surface area contributed by atoms with E-state index in [1.54, 1.807) is 14.0 Å². The van der Waals surface area contributed by atoms with E-state index >= 15 is 0 Å². The lowest BCUT2D eigenvalue weighted by Gasteiger charge is -2.45. The van der Waals surface area contributed by atoms with Crippen LogP contribution in [0.2, 0.25) is 0 Å². The summed E-state index contributed by atoms with van der Waals surface area (Å²) in [6, 6.07) is 0. The summed E-state index contributed by atoms with van der Waals surface area (Å²) in [5.41, 5.74) is -1.14. The lowest BCUT2D eigenvalue weighted by Crippen LogP contribution is -2.61. The molecule has 1 saturated heterocycles. The van der Waals surface area contributed by atoms with Gasteiger partial charge in [0.1, 0.15) is 5.54 Å². The molecule has 0 bridgehead atoms. The summed E-state index contributed by atoms with van der Waals surface area (Å²) in [4.78, 5) is 40.2. The Morgan fingerprint density at radius 2 is 1.77 bits per heavy atom. The van der Waals surface area contributed by atoms with Crippen molar-refractivity contribution in [2.45, 2.75) is 51.7 Å². The Labute approximate surface area is 152 Å². The fourth-order valence-electron chi connectivity index (χ4n) is 3.37. The highest BCUT2D eigenvalue weighted by Crippen LogP contribution is 2.30. The van der Waals surface area contributed by atoms with Crippen LogP contribution in [0.5, 0.6) is 0 Å². The summed E-state index contributed by atoms with van der Waals surface area (Å²) in [6.07, 6.45) is 1.34. The summed E-state index contributed by atoms with van der Waals surface area (Å²) < 4.78 is 7.64. The zero-order chi connectivity index (χ0) is 19.3. The van der Waals surface area contributed by atoms with Gasteiger partial charge in [-0.15, -0.1) is 0 Å². The molecule has 0 aliphatic carbocycles. The summed E-state index contributed by atoms with van der Waals surface area (Å²) in [7, 11) is 3.02.